The largest absolute Gasteiger partial charge is 0.497 e. The average Bonchev–Trinajstić information content (AvgIpc) is 2.99. The van der Waals surface area contributed by atoms with Crippen LogP contribution < -0.4 is 9.54 Å². The first-order valence-electron chi connectivity index (χ1n) is 7.57. The molecule has 0 fully saturated rings. The van der Waals surface area contributed by atoms with E-state index in [1.807, 2.05) is 48.5 Å². The van der Waals surface area contributed by atoms with Gasteiger partial charge in [-0.05, 0) is 42.0 Å². The van der Waals surface area contributed by atoms with Crippen LogP contribution in [0.25, 0.3) is 10.2 Å². The van der Waals surface area contributed by atoms with Crippen LogP contribution >= 0.6 is 11.3 Å². The van der Waals surface area contributed by atoms with Crippen LogP contribution in [0.2, 0.25) is 0 Å². The molecule has 0 N–H and O–H groups in total. The van der Waals surface area contributed by atoms with Gasteiger partial charge < -0.3 is 14.0 Å². The van der Waals surface area contributed by atoms with Gasteiger partial charge in [0.05, 0.1) is 30.7 Å². The quantitative estimate of drug-likeness (QED) is 0.402. The van der Waals surface area contributed by atoms with Gasteiger partial charge in [0.25, 0.3) is 0 Å². The number of methoxy groups -OCH3 is 2. The number of fused-ring (bicyclic) bond motifs is 1. The fraction of sp³-hybridized carbons (Fsp3) is 0.167. The lowest BCUT2D eigenvalue weighted by atomic mass is 10.2. The monoisotopic (exact) mass is 355 g/mol. The van der Waals surface area contributed by atoms with E-state index in [0.29, 0.717) is 4.80 Å². The predicted molar refractivity (Wildman–Crippen MR) is 98.0 cm³/mol. The molecule has 1 heterocycles. The molecule has 3 aromatic rings. The Hall–Kier alpha value is -2.93. The van der Waals surface area contributed by atoms with Gasteiger partial charge in [-0.25, -0.2) is 0 Å². The fourth-order valence-corrected chi connectivity index (χ4v) is 3.27. The highest BCUT2D eigenvalue weighted by atomic mass is 32.1. The summed E-state index contributed by atoms with van der Waals surface area (Å²) >= 11 is 1.47. The minimum Gasteiger partial charge on any atom is -0.497 e. The lowest BCUT2D eigenvalue weighted by Crippen LogP contribution is -2.20. The van der Waals surface area contributed by atoms with Crippen LogP contribution in [0.5, 0.6) is 5.75 Å². The molecule has 0 spiro atoms. The maximum absolute atomic E-state index is 11.7. The second-order valence-electron chi connectivity index (χ2n) is 5.13. The summed E-state index contributed by atoms with van der Waals surface area (Å²) in [6.07, 6.45) is 1.66. The van der Waals surface area contributed by atoms with E-state index in [0.717, 1.165) is 21.5 Å². The van der Waals surface area contributed by atoms with Crippen molar-refractivity contribution in [1.29, 1.82) is 0 Å². The molecule has 0 radical (unpaired) electrons. The third-order valence-electron chi connectivity index (χ3n) is 3.57. The van der Waals surface area contributed by atoms with Crippen molar-refractivity contribution >= 4 is 33.7 Å². The number of esters is 1. The van der Waals surface area contributed by atoms with E-state index in [1.54, 1.807) is 17.9 Å². The molecule has 128 valence electrons. The Morgan fingerprint density at radius 2 is 1.92 bits per heavy atom. The van der Waals surface area contributed by atoms with Crippen molar-refractivity contribution in [3.8, 4) is 5.75 Å². The first-order chi connectivity index (χ1) is 12.2. The molecule has 0 saturated carbocycles. The van der Waals surface area contributed by atoms with Gasteiger partial charge in [0.15, 0.2) is 0 Å². The molecule has 7 heteroatoms. The standard InChI is InChI=1S/C18H17N3O3S/c1-23-14-9-7-13(8-10-14)11-19-20-18-21(12-17(22)24-2)15-5-3-4-6-16(15)25-18/h3-11H,12H2,1-2H3/b19-11+,20-18+. The molecule has 0 saturated heterocycles. The van der Waals surface area contributed by atoms with Gasteiger partial charge in [-0.1, -0.05) is 23.5 Å². The number of hydrogen-bond acceptors (Lipinski definition) is 6. The Bertz CT molecular complexity index is 971. The first kappa shape index (κ1) is 16.9. The molecule has 0 aliphatic rings. The van der Waals surface area contributed by atoms with E-state index in [2.05, 4.69) is 10.2 Å². The zero-order chi connectivity index (χ0) is 17.6. The second-order valence-corrected chi connectivity index (χ2v) is 6.14. The molecule has 0 aliphatic heterocycles. The van der Waals surface area contributed by atoms with Gasteiger partial charge in [-0.2, -0.15) is 5.10 Å². The van der Waals surface area contributed by atoms with E-state index in [4.69, 9.17) is 9.47 Å². The van der Waals surface area contributed by atoms with Crippen LogP contribution in [0.4, 0.5) is 0 Å². The topological polar surface area (TPSA) is 65.2 Å². The van der Waals surface area contributed by atoms with Crippen LogP contribution in [-0.2, 0) is 16.1 Å². The van der Waals surface area contributed by atoms with Gasteiger partial charge in [0, 0.05) is 0 Å². The Kier molecular flexibility index (Phi) is 5.25. The number of rotatable bonds is 5. The van der Waals surface area contributed by atoms with Crippen molar-refractivity contribution in [1.82, 2.24) is 4.57 Å². The molecular weight excluding hydrogens is 338 g/mol. The number of carbonyl (C=O) groups is 1. The van der Waals surface area contributed by atoms with Crippen LogP contribution in [0.15, 0.2) is 58.7 Å². The lowest BCUT2D eigenvalue weighted by molar-refractivity contribution is -0.141. The Balaban J connectivity index is 1.95. The van der Waals surface area contributed by atoms with E-state index < -0.39 is 0 Å². The third-order valence-corrected chi connectivity index (χ3v) is 4.62. The molecule has 1 aromatic heterocycles. The highest BCUT2D eigenvalue weighted by Gasteiger charge is 2.09. The summed E-state index contributed by atoms with van der Waals surface area (Å²) in [7, 11) is 3.00. The highest BCUT2D eigenvalue weighted by Crippen LogP contribution is 2.16. The smallest absolute Gasteiger partial charge is 0.325 e. The van der Waals surface area contributed by atoms with Crippen molar-refractivity contribution < 1.29 is 14.3 Å². The molecule has 0 unspecified atom stereocenters. The number of aromatic nitrogens is 1. The summed E-state index contributed by atoms with van der Waals surface area (Å²) in [6, 6.07) is 15.3. The van der Waals surface area contributed by atoms with Gasteiger partial charge in [0.1, 0.15) is 12.3 Å². The Labute approximate surface area is 148 Å². The van der Waals surface area contributed by atoms with E-state index in [9.17, 15) is 4.79 Å². The van der Waals surface area contributed by atoms with Crippen molar-refractivity contribution in [2.75, 3.05) is 14.2 Å². The Morgan fingerprint density at radius 3 is 2.64 bits per heavy atom. The average molecular weight is 355 g/mol. The lowest BCUT2D eigenvalue weighted by Gasteiger charge is -2.02. The molecule has 6 nitrogen and oxygen atoms in total. The van der Waals surface area contributed by atoms with Crippen LogP contribution in [0.1, 0.15) is 5.56 Å². The zero-order valence-electron chi connectivity index (χ0n) is 13.9. The summed E-state index contributed by atoms with van der Waals surface area (Å²) in [5, 5.41) is 8.43. The molecule has 3 rings (SSSR count). The number of ether oxygens (including phenoxy) is 2. The summed E-state index contributed by atoms with van der Waals surface area (Å²) in [6.45, 7) is 0.0946. The highest BCUT2D eigenvalue weighted by molar-refractivity contribution is 7.16. The molecule has 0 amide bonds. The Morgan fingerprint density at radius 1 is 1.16 bits per heavy atom. The summed E-state index contributed by atoms with van der Waals surface area (Å²) < 4.78 is 12.7. The number of thiazole rings is 1. The SMILES string of the molecule is COC(=O)Cn1/c(=N\N=C\c2ccc(OC)cc2)sc2ccccc21. The van der Waals surface area contributed by atoms with Gasteiger partial charge in [-0.15, -0.1) is 5.10 Å². The summed E-state index contributed by atoms with van der Waals surface area (Å²) in [5.74, 6) is 0.457. The first-order valence-corrected chi connectivity index (χ1v) is 8.39. The molecule has 0 aliphatic carbocycles. The van der Waals surface area contributed by atoms with Crippen molar-refractivity contribution in [2.24, 2.45) is 10.2 Å². The number of benzene rings is 2. The van der Waals surface area contributed by atoms with Crippen LogP contribution in [-0.4, -0.2) is 31.0 Å². The van der Waals surface area contributed by atoms with Crippen molar-refractivity contribution in [3.05, 3.63) is 58.9 Å². The minimum absolute atomic E-state index is 0.0946. The van der Waals surface area contributed by atoms with Crippen molar-refractivity contribution in [3.63, 3.8) is 0 Å². The maximum atomic E-state index is 11.7. The molecule has 2 aromatic carbocycles. The maximum Gasteiger partial charge on any atom is 0.325 e. The minimum atomic E-state index is -0.330. The van der Waals surface area contributed by atoms with Gasteiger partial charge in [0.2, 0.25) is 4.80 Å². The number of nitrogens with zero attached hydrogens (tertiary/aromatic N) is 3. The van der Waals surface area contributed by atoms with E-state index in [1.165, 1.54) is 18.4 Å². The molecule has 0 atom stereocenters. The number of carbonyl (C=O) groups excluding carboxylic acids is 1. The molecule has 25 heavy (non-hydrogen) atoms. The van der Waals surface area contributed by atoms with E-state index >= 15 is 0 Å². The number of hydrogen-bond donors (Lipinski definition) is 0. The third kappa shape index (κ3) is 3.95. The summed E-state index contributed by atoms with van der Waals surface area (Å²) in [4.78, 5) is 12.3. The van der Waals surface area contributed by atoms with E-state index in [-0.39, 0.29) is 12.5 Å². The predicted octanol–water partition coefficient (Wildman–Crippen LogP) is 2.82. The second kappa shape index (κ2) is 7.76. The fourth-order valence-electron chi connectivity index (χ4n) is 2.28. The van der Waals surface area contributed by atoms with Crippen molar-refractivity contribution in [2.45, 2.75) is 6.54 Å². The normalized spacial score (nSPS) is 12.0. The number of para-hydroxylation sites is 1. The van der Waals surface area contributed by atoms with Gasteiger partial charge in [-0.3, -0.25) is 4.79 Å². The molecule has 0 bridgehead atoms. The van der Waals surface area contributed by atoms with Crippen LogP contribution in [0.3, 0.4) is 0 Å². The summed E-state index contributed by atoms with van der Waals surface area (Å²) in [5.41, 5.74) is 1.83. The van der Waals surface area contributed by atoms with Crippen LogP contribution in [0, 0.1) is 0 Å². The zero-order valence-corrected chi connectivity index (χ0v) is 14.7. The molecular formula is C18H17N3O3S. The van der Waals surface area contributed by atoms with Gasteiger partial charge >= 0.3 is 5.97 Å².